The first-order valence-electron chi connectivity index (χ1n) is 12.8. The van der Waals surface area contributed by atoms with Crippen LogP contribution >= 0.6 is 11.3 Å². The molecule has 0 aliphatic rings. The Balaban J connectivity index is 1.69. The zero-order valence-electron chi connectivity index (χ0n) is 22.6. The number of esters is 1. The first-order valence-corrected chi connectivity index (χ1v) is 14.8. The van der Waals surface area contributed by atoms with Gasteiger partial charge < -0.3 is 9.64 Å². The van der Waals surface area contributed by atoms with Crippen LogP contribution in [-0.4, -0.2) is 32.6 Å². The van der Waals surface area contributed by atoms with E-state index in [0.29, 0.717) is 22.0 Å². The normalized spacial score (nSPS) is 12.5. The van der Waals surface area contributed by atoms with E-state index in [1.165, 1.54) is 23.3 Å². The van der Waals surface area contributed by atoms with Crippen molar-refractivity contribution in [3.8, 4) is 11.1 Å². The molecular weight excluding hydrogens is 544 g/mol. The van der Waals surface area contributed by atoms with Crippen LogP contribution in [0.15, 0.2) is 91.0 Å². The minimum atomic E-state index is -2.19. The summed E-state index contributed by atoms with van der Waals surface area (Å²) in [4.78, 5) is 29.5. The maximum Gasteiger partial charge on any atom is 0.333 e. The van der Waals surface area contributed by atoms with Crippen LogP contribution in [0.5, 0.6) is 0 Å². The number of anilines is 1. The molecule has 40 heavy (non-hydrogen) atoms. The van der Waals surface area contributed by atoms with Crippen LogP contribution in [-0.2, 0) is 33.8 Å². The molecule has 0 radical (unpaired) electrons. The number of nitrogens with one attached hydrogen (secondary N) is 1. The Morgan fingerprint density at radius 1 is 0.975 bits per heavy atom. The van der Waals surface area contributed by atoms with Gasteiger partial charge in [-0.25, -0.2) is 9.00 Å². The number of ether oxygens (including phenoxy) is 1. The molecule has 9 heteroatoms. The number of methoxy groups -OCH3 is 1. The fraction of sp³-hybridized carbons (Fsp3) is 0.226. The van der Waals surface area contributed by atoms with Crippen molar-refractivity contribution in [3.63, 3.8) is 0 Å². The van der Waals surface area contributed by atoms with Gasteiger partial charge in [-0.05, 0) is 47.2 Å². The van der Waals surface area contributed by atoms with E-state index in [4.69, 9.17) is 4.74 Å². The molecule has 7 nitrogen and oxygen atoms in total. The number of carbonyl (C=O) groups is 2. The highest BCUT2D eigenvalue weighted by atomic mass is 32.2. The fourth-order valence-corrected chi connectivity index (χ4v) is 6.31. The summed E-state index contributed by atoms with van der Waals surface area (Å²) in [7, 11) is 1.32. The topological polar surface area (TPSA) is 95.9 Å². The second-order valence-electron chi connectivity index (χ2n) is 9.74. The van der Waals surface area contributed by atoms with E-state index in [1.54, 1.807) is 36.4 Å². The van der Waals surface area contributed by atoms with Gasteiger partial charge in [0.15, 0.2) is 6.04 Å². The van der Waals surface area contributed by atoms with Crippen molar-refractivity contribution in [3.05, 3.63) is 113 Å². The van der Waals surface area contributed by atoms with E-state index in [9.17, 15) is 18.4 Å². The zero-order chi connectivity index (χ0) is 28.6. The van der Waals surface area contributed by atoms with Gasteiger partial charge in [0.2, 0.25) is 0 Å². The highest BCUT2D eigenvalue weighted by Gasteiger charge is 2.33. The maximum atomic E-state index is 13.8. The number of rotatable bonds is 11. The predicted molar refractivity (Wildman–Crippen MR) is 160 cm³/mol. The summed E-state index contributed by atoms with van der Waals surface area (Å²) in [5.41, 5.74) is 3.64. The van der Waals surface area contributed by atoms with Gasteiger partial charge in [0.25, 0.3) is 17.2 Å². The van der Waals surface area contributed by atoms with Crippen LogP contribution in [0.25, 0.3) is 11.1 Å². The maximum absolute atomic E-state index is 13.8. The standard InChI is InChI=1S/C31H32N2O5S2/c1-21(2)18-26-19-27(29(39-26)32-40(36)37)23-16-14-22(15-17-23)20-33(30(34)25-12-8-5-9-13-25)28(31(35)38-3)24-10-6-4-7-11-24/h4-17,19,21,28,32H,18,20H2,1-3H3,(H,36,37)/t28-/m0/s1. The molecule has 1 aromatic heterocycles. The van der Waals surface area contributed by atoms with Gasteiger partial charge in [-0.1, -0.05) is 86.6 Å². The van der Waals surface area contributed by atoms with Crippen LogP contribution in [0.3, 0.4) is 0 Å². The van der Waals surface area contributed by atoms with Crippen LogP contribution in [0.4, 0.5) is 5.00 Å². The average molecular weight is 577 g/mol. The molecule has 1 amide bonds. The summed E-state index contributed by atoms with van der Waals surface area (Å²) >= 11 is -0.726. The molecule has 2 atom stereocenters. The Kier molecular flexibility index (Phi) is 9.87. The number of thiophene rings is 1. The van der Waals surface area contributed by atoms with E-state index < -0.39 is 23.3 Å². The summed E-state index contributed by atoms with van der Waals surface area (Å²) in [5.74, 6) is -0.380. The van der Waals surface area contributed by atoms with Gasteiger partial charge in [-0.2, -0.15) is 0 Å². The van der Waals surface area contributed by atoms with E-state index in [2.05, 4.69) is 18.6 Å². The molecule has 3 aromatic carbocycles. The van der Waals surface area contributed by atoms with Gasteiger partial charge in [0.05, 0.1) is 7.11 Å². The Labute approximate surface area is 241 Å². The van der Waals surface area contributed by atoms with E-state index >= 15 is 0 Å². The predicted octanol–water partition coefficient (Wildman–Crippen LogP) is 6.72. The highest BCUT2D eigenvalue weighted by Crippen LogP contribution is 2.38. The van der Waals surface area contributed by atoms with Crippen molar-refractivity contribution < 1.29 is 23.1 Å². The number of nitrogens with zero attached hydrogens (tertiary/aromatic N) is 1. The molecule has 0 aliphatic carbocycles. The third-order valence-electron chi connectivity index (χ3n) is 6.32. The average Bonchev–Trinajstić information content (AvgIpc) is 3.34. The molecule has 0 spiro atoms. The lowest BCUT2D eigenvalue weighted by atomic mass is 10.0. The molecule has 1 heterocycles. The fourth-order valence-electron chi connectivity index (χ4n) is 4.52. The highest BCUT2D eigenvalue weighted by molar-refractivity contribution is 7.80. The van der Waals surface area contributed by atoms with Crippen LogP contribution in [0, 0.1) is 5.92 Å². The minimum absolute atomic E-state index is 0.163. The van der Waals surface area contributed by atoms with Gasteiger partial charge >= 0.3 is 5.97 Å². The van der Waals surface area contributed by atoms with Crippen molar-refractivity contribution >= 4 is 39.5 Å². The molecule has 208 valence electrons. The molecule has 1 unspecified atom stereocenters. The number of hydrogen-bond acceptors (Lipinski definition) is 5. The van der Waals surface area contributed by atoms with Gasteiger partial charge in [-0.15, -0.1) is 11.3 Å². The van der Waals surface area contributed by atoms with Crippen molar-refractivity contribution in [2.75, 3.05) is 11.8 Å². The van der Waals surface area contributed by atoms with Crippen molar-refractivity contribution in [1.82, 2.24) is 4.90 Å². The first kappa shape index (κ1) is 29.2. The van der Waals surface area contributed by atoms with Crippen molar-refractivity contribution in [1.29, 1.82) is 0 Å². The van der Waals surface area contributed by atoms with Gasteiger partial charge in [-0.3, -0.25) is 14.1 Å². The minimum Gasteiger partial charge on any atom is -0.467 e. The zero-order valence-corrected chi connectivity index (χ0v) is 24.2. The third kappa shape index (κ3) is 7.24. The van der Waals surface area contributed by atoms with E-state index in [-0.39, 0.29) is 12.5 Å². The Bertz CT molecular complexity index is 1450. The molecule has 0 aliphatic heterocycles. The molecule has 0 fully saturated rings. The summed E-state index contributed by atoms with van der Waals surface area (Å²) < 4.78 is 28.8. The lowest BCUT2D eigenvalue weighted by molar-refractivity contribution is -0.146. The lowest BCUT2D eigenvalue weighted by Crippen LogP contribution is -2.39. The molecular formula is C31H32N2O5S2. The number of benzene rings is 3. The van der Waals surface area contributed by atoms with E-state index in [0.717, 1.165) is 28.0 Å². The monoisotopic (exact) mass is 576 g/mol. The summed E-state index contributed by atoms with van der Waals surface area (Å²) in [6.45, 7) is 4.42. The number of hydrogen-bond donors (Lipinski definition) is 2. The summed E-state index contributed by atoms with van der Waals surface area (Å²) in [5, 5.41) is 0.625. The molecule has 0 saturated heterocycles. The first-order chi connectivity index (χ1) is 19.3. The van der Waals surface area contributed by atoms with Crippen molar-refractivity contribution in [2.45, 2.75) is 32.9 Å². The lowest BCUT2D eigenvalue weighted by Gasteiger charge is -2.30. The van der Waals surface area contributed by atoms with E-state index in [1.807, 2.05) is 54.6 Å². The smallest absolute Gasteiger partial charge is 0.333 e. The SMILES string of the molecule is COC(=O)[C@H](c1ccccc1)N(Cc1ccc(-c2cc(CC(C)C)sc2NS(=O)O)cc1)C(=O)c1ccccc1. The molecule has 0 bridgehead atoms. The molecule has 4 rings (SSSR count). The second-order valence-corrected chi connectivity index (χ2v) is 11.6. The quantitative estimate of drug-likeness (QED) is 0.153. The summed E-state index contributed by atoms with van der Waals surface area (Å²) in [6.07, 6.45) is 0.862. The Hall–Kier alpha value is -3.79. The Morgan fingerprint density at radius 3 is 2.17 bits per heavy atom. The van der Waals surface area contributed by atoms with Crippen LogP contribution in [0.2, 0.25) is 0 Å². The number of amides is 1. The summed E-state index contributed by atoms with van der Waals surface area (Å²) in [6, 6.07) is 26.7. The van der Waals surface area contributed by atoms with Crippen LogP contribution < -0.4 is 4.72 Å². The largest absolute Gasteiger partial charge is 0.467 e. The second kappa shape index (κ2) is 13.5. The van der Waals surface area contributed by atoms with Crippen molar-refractivity contribution in [2.24, 2.45) is 5.92 Å². The molecule has 0 saturated carbocycles. The van der Waals surface area contributed by atoms with Gasteiger partial charge in [0, 0.05) is 22.5 Å². The molecule has 2 N–H and O–H groups in total. The number of carbonyl (C=O) groups excluding carboxylic acids is 2. The Morgan fingerprint density at radius 2 is 1.60 bits per heavy atom. The third-order valence-corrected chi connectivity index (χ3v) is 7.90. The molecule has 4 aromatic rings. The van der Waals surface area contributed by atoms with Gasteiger partial charge in [0.1, 0.15) is 5.00 Å². The van der Waals surface area contributed by atoms with Crippen LogP contribution in [0.1, 0.15) is 46.3 Å².